The highest BCUT2D eigenvalue weighted by atomic mass is 16.5. The number of anilines is 2. The minimum absolute atomic E-state index is 0.475. The minimum Gasteiger partial charge on any atom is -0.494 e. The van der Waals surface area contributed by atoms with E-state index in [0.717, 1.165) is 35.7 Å². The summed E-state index contributed by atoms with van der Waals surface area (Å²) in [4.78, 5) is 0. The molecule has 32 heavy (non-hydrogen) atoms. The van der Waals surface area contributed by atoms with Crippen LogP contribution in [-0.2, 0) is 0 Å². The summed E-state index contributed by atoms with van der Waals surface area (Å²) in [7, 11) is 0. The van der Waals surface area contributed by atoms with Crippen LogP contribution in [0.1, 0.15) is 67.2 Å². The Bertz CT molecular complexity index is 676. The third-order valence-corrected chi connectivity index (χ3v) is 5.26. The monoisotopic (exact) mass is 440 g/mol. The Kier molecular flexibility index (Phi) is 11.3. The van der Waals surface area contributed by atoms with Crippen molar-refractivity contribution in [1.82, 2.24) is 0 Å². The molecular formula is C28H44N2O2. The van der Waals surface area contributed by atoms with E-state index in [1.54, 1.807) is 0 Å². The summed E-state index contributed by atoms with van der Waals surface area (Å²) in [5.74, 6) is 3.23. The summed E-state index contributed by atoms with van der Waals surface area (Å²) in [6.07, 6.45) is 4.27. The second-order valence-corrected chi connectivity index (χ2v) is 9.80. The lowest BCUT2D eigenvalue weighted by Crippen LogP contribution is -2.17. The molecule has 0 bridgehead atoms. The van der Waals surface area contributed by atoms with Crippen molar-refractivity contribution in [2.45, 2.75) is 79.3 Å². The first kappa shape index (κ1) is 25.9. The molecule has 2 aromatic rings. The topological polar surface area (TPSA) is 42.5 Å². The maximum atomic E-state index is 5.87. The van der Waals surface area contributed by atoms with E-state index in [4.69, 9.17) is 9.47 Å². The van der Waals surface area contributed by atoms with Crippen LogP contribution < -0.4 is 20.1 Å². The van der Waals surface area contributed by atoms with Crippen molar-refractivity contribution in [3.8, 4) is 11.5 Å². The second-order valence-electron chi connectivity index (χ2n) is 9.80. The highest BCUT2D eigenvalue weighted by Gasteiger charge is 2.06. The van der Waals surface area contributed by atoms with E-state index in [-0.39, 0.29) is 0 Å². The van der Waals surface area contributed by atoms with Gasteiger partial charge in [0.1, 0.15) is 11.5 Å². The number of benzene rings is 2. The fourth-order valence-corrected chi connectivity index (χ4v) is 3.98. The van der Waals surface area contributed by atoms with Gasteiger partial charge in [0.05, 0.1) is 13.2 Å². The molecule has 0 aliphatic heterocycles. The van der Waals surface area contributed by atoms with E-state index in [9.17, 15) is 0 Å². The van der Waals surface area contributed by atoms with Crippen LogP contribution in [0.2, 0.25) is 0 Å². The molecule has 0 aliphatic rings. The van der Waals surface area contributed by atoms with Gasteiger partial charge in [-0.25, -0.2) is 0 Å². The average Bonchev–Trinajstić information content (AvgIpc) is 2.71. The lowest BCUT2D eigenvalue weighted by molar-refractivity contribution is 0.266. The Morgan fingerprint density at radius 2 is 0.906 bits per heavy atom. The molecule has 0 radical (unpaired) electrons. The smallest absolute Gasteiger partial charge is 0.119 e. The van der Waals surface area contributed by atoms with E-state index in [0.29, 0.717) is 37.1 Å². The lowest BCUT2D eigenvalue weighted by Gasteiger charge is -2.17. The second kappa shape index (κ2) is 13.9. The fraction of sp³-hybridized carbons (Fsp3) is 0.571. The molecule has 0 saturated carbocycles. The van der Waals surface area contributed by atoms with Crippen molar-refractivity contribution in [3.63, 3.8) is 0 Å². The molecule has 0 aromatic heterocycles. The van der Waals surface area contributed by atoms with E-state index < -0.39 is 0 Å². The van der Waals surface area contributed by atoms with Crippen molar-refractivity contribution < 1.29 is 9.47 Å². The summed E-state index contributed by atoms with van der Waals surface area (Å²) in [6.45, 7) is 14.9. The molecule has 0 saturated heterocycles. The number of nitrogens with one attached hydrogen (secondary N) is 2. The zero-order chi connectivity index (χ0) is 23.3. The quantitative estimate of drug-likeness (QED) is 0.280. The van der Waals surface area contributed by atoms with E-state index in [1.807, 2.05) is 24.3 Å². The van der Waals surface area contributed by atoms with Gasteiger partial charge in [-0.3, -0.25) is 0 Å². The molecule has 0 spiro atoms. The van der Waals surface area contributed by atoms with E-state index in [1.165, 1.54) is 12.8 Å². The van der Waals surface area contributed by atoms with Crippen molar-refractivity contribution in [3.05, 3.63) is 48.5 Å². The first-order valence-electron chi connectivity index (χ1n) is 12.3. The maximum Gasteiger partial charge on any atom is 0.119 e. The SMILES string of the molecule is CC(C)CC(C)Nc1ccc(OCCCCOc2ccc(NC(C)CC(C)C)cc2)cc1. The third-order valence-electron chi connectivity index (χ3n) is 5.26. The molecule has 2 aromatic carbocycles. The summed E-state index contributed by atoms with van der Waals surface area (Å²) in [6, 6.07) is 17.5. The first-order chi connectivity index (χ1) is 15.3. The summed E-state index contributed by atoms with van der Waals surface area (Å²) in [5.41, 5.74) is 2.30. The van der Waals surface area contributed by atoms with Gasteiger partial charge in [-0.1, -0.05) is 27.7 Å². The van der Waals surface area contributed by atoms with Crippen LogP contribution in [0, 0.1) is 11.8 Å². The predicted molar refractivity (Wildman–Crippen MR) is 138 cm³/mol. The van der Waals surface area contributed by atoms with Gasteiger partial charge in [0, 0.05) is 23.5 Å². The van der Waals surface area contributed by atoms with Gasteiger partial charge < -0.3 is 20.1 Å². The van der Waals surface area contributed by atoms with Crippen LogP contribution in [0.4, 0.5) is 11.4 Å². The molecular weight excluding hydrogens is 396 g/mol. The van der Waals surface area contributed by atoms with Crippen LogP contribution in [0.25, 0.3) is 0 Å². The van der Waals surface area contributed by atoms with Gasteiger partial charge in [0.2, 0.25) is 0 Å². The van der Waals surface area contributed by atoms with Gasteiger partial charge in [-0.2, -0.15) is 0 Å². The largest absolute Gasteiger partial charge is 0.494 e. The normalized spacial score (nSPS) is 13.1. The van der Waals surface area contributed by atoms with Gasteiger partial charge in [-0.05, 0) is 99.9 Å². The molecule has 178 valence electrons. The van der Waals surface area contributed by atoms with Crippen LogP contribution in [0.3, 0.4) is 0 Å². The maximum absolute atomic E-state index is 5.87. The lowest BCUT2D eigenvalue weighted by atomic mass is 10.1. The summed E-state index contributed by atoms with van der Waals surface area (Å²) < 4.78 is 11.7. The van der Waals surface area contributed by atoms with Crippen molar-refractivity contribution in [2.75, 3.05) is 23.8 Å². The molecule has 2 rings (SSSR count). The summed E-state index contributed by atoms with van der Waals surface area (Å²) >= 11 is 0. The van der Waals surface area contributed by atoms with Crippen LogP contribution in [0.5, 0.6) is 11.5 Å². The Balaban J connectivity index is 1.59. The Morgan fingerprint density at radius 1 is 0.562 bits per heavy atom. The Labute approximate surface area is 196 Å². The highest BCUT2D eigenvalue weighted by Crippen LogP contribution is 2.20. The molecule has 2 N–H and O–H groups in total. The van der Waals surface area contributed by atoms with E-state index >= 15 is 0 Å². The summed E-state index contributed by atoms with van der Waals surface area (Å²) in [5, 5.41) is 7.09. The number of ether oxygens (including phenoxy) is 2. The third kappa shape index (κ3) is 10.8. The van der Waals surface area contributed by atoms with Gasteiger partial charge >= 0.3 is 0 Å². The van der Waals surface area contributed by atoms with Gasteiger partial charge in [0.15, 0.2) is 0 Å². The molecule has 4 nitrogen and oxygen atoms in total. The molecule has 0 heterocycles. The number of hydrogen-bond donors (Lipinski definition) is 2. The number of hydrogen-bond acceptors (Lipinski definition) is 4. The standard InChI is InChI=1S/C28H44N2O2/c1-21(2)19-23(5)29-25-9-13-27(14-10-25)31-17-7-8-18-32-28-15-11-26(12-16-28)30-24(6)20-22(3)4/h9-16,21-24,29-30H,7-8,17-20H2,1-6H3. The minimum atomic E-state index is 0.475. The number of rotatable bonds is 15. The predicted octanol–water partition coefficient (Wildman–Crippen LogP) is 7.62. The van der Waals surface area contributed by atoms with Crippen LogP contribution >= 0.6 is 0 Å². The molecule has 2 unspecified atom stereocenters. The number of unbranched alkanes of at least 4 members (excludes halogenated alkanes) is 1. The first-order valence-corrected chi connectivity index (χ1v) is 12.3. The zero-order valence-electron chi connectivity index (χ0n) is 21.0. The average molecular weight is 441 g/mol. The molecule has 0 aliphatic carbocycles. The molecule has 2 atom stereocenters. The molecule has 4 heteroatoms. The van der Waals surface area contributed by atoms with Crippen molar-refractivity contribution >= 4 is 11.4 Å². The van der Waals surface area contributed by atoms with Crippen LogP contribution in [-0.4, -0.2) is 25.3 Å². The van der Waals surface area contributed by atoms with Gasteiger partial charge in [0.25, 0.3) is 0 Å². The van der Waals surface area contributed by atoms with Gasteiger partial charge in [-0.15, -0.1) is 0 Å². The molecule has 0 fully saturated rings. The van der Waals surface area contributed by atoms with E-state index in [2.05, 4.69) is 76.4 Å². The van der Waals surface area contributed by atoms with Crippen LogP contribution in [0.15, 0.2) is 48.5 Å². The zero-order valence-corrected chi connectivity index (χ0v) is 21.0. The highest BCUT2D eigenvalue weighted by molar-refractivity contribution is 5.47. The van der Waals surface area contributed by atoms with Crippen molar-refractivity contribution in [1.29, 1.82) is 0 Å². The Hall–Kier alpha value is -2.36. The fourth-order valence-electron chi connectivity index (χ4n) is 3.98. The molecule has 0 amide bonds. The van der Waals surface area contributed by atoms with Crippen molar-refractivity contribution in [2.24, 2.45) is 11.8 Å². The Morgan fingerprint density at radius 3 is 1.22 bits per heavy atom.